The van der Waals surface area contributed by atoms with Crippen LogP contribution in [0.5, 0.6) is 0 Å². The maximum atomic E-state index is 12.3. The molecular weight excluding hydrogens is 336 g/mol. The monoisotopic (exact) mass is 349 g/mol. The van der Waals surface area contributed by atoms with Crippen molar-refractivity contribution in [2.45, 2.75) is 6.42 Å². The van der Waals surface area contributed by atoms with E-state index in [4.69, 9.17) is 5.73 Å². The molecule has 0 spiro atoms. The molecule has 2 N–H and O–H groups in total. The number of rotatable bonds is 2. The van der Waals surface area contributed by atoms with Crippen molar-refractivity contribution in [3.63, 3.8) is 0 Å². The second-order valence-corrected chi connectivity index (χ2v) is 2.17. The van der Waals surface area contributed by atoms with Crippen LogP contribution in [-0.4, -0.2) is 33.8 Å². The molecule has 0 aliphatic rings. The van der Waals surface area contributed by atoms with Gasteiger partial charge in [-0.05, 0) is 30.7 Å². The van der Waals surface area contributed by atoms with Gasteiger partial charge in [0.25, 0.3) is 0 Å². The van der Waals surface area contributed by atoms with Crippen molar-refractivity contribution < 1.29 is 4.39 Å². The molecule has 0 atom stereocenters. The van der Waals surface area contributed by atoms with Crippen molar-refractivity contribution >= 4 is 27.3 Å². The summed E-state index contributed by atoms with van der Waals surface area (Å²) in [4.78, 5) is 0. The van der Waals surface area contributed by atoms with E-state index in [1.54, 1.807) is 12.1 Å². The molecule has 1 nitrogen and oxygen atoms in total. The van der Waals surface area contributed by atoms with Gasteiger partial charge in [0, 0.05) is 0 Å². The van der Waals surface area contributed by atoms with E-state index in [0.29, 0.717) is 6.54 Å². The minimum absolute atomic E-state index is 0. The van der Waals surface area contributed by atoms with Crippen LogP contribution in [0, 0.1) is 5.82 Å². The molecular formula is C8H12FNPb. The molecule has 0 fully saturated rings. The molecule has 2 radical (unpaired) electrons. The molecule has 0 aliphatic heterocycles. The fourth-order valence-corrected chi connectivity index (χ4v) is 0.818. The first-order valence-electron chi connectivity index (χ1n) is 3.27. The third kappa shape index (κ3) is 3.81. The van der Waals surface area contributed by atoms with Gasteiger partial charge in [0.15, 0.2) is 0 Å². The molecule has 0 saturated carbocycles. The fourth-order valence-electron chi connectivity index (χ4n) is 0.818. The van der Waals surface area contributed by atoms with Crippen LogP contribution in [-0.2, 0) is 6.42 Å². The topological polar surface area (TPSA) is 26.0 Å². The molecule has 0 unspecified atom stereocenters. The summed E-state index contributed by atoms with van der Waals surface area (Å²) in [5, 5.41) is 0. The predicted molar refractivity (Wildman–Crippen MR) is 47.7 cm³/mol. The Morgan fingerprint density at radius 2 is 1.73 bits per heavy atom. The number of benzene rings is 1. The van der Waals surface area contributed by atoms with Crippen LogP contribution in [0.25, 0.3) is 0 Å². The zero-order valence-electron chi connectivity index (χ0n) is 6.39. The van der Waals surface area contributed by atoms with Crippen molar-refractivity contribution in [1.82, 2.24) is 0 Å². The summed E-state index contributed by atoms with van der Waals surface area (Å²) >= 11 is 0. The van der Waals surface area contributed by atoms with Crippen molar-refractivity contribution in [3.8, 4) is 0 Å². The summed E-state index contributed by atoms with van der Waals surface area (Å²) in [5.74, 6) is -0.194. The molecule has 11 heavy (non-hydrogen) atoms. The Morgan fingerprint density at radius 1 is 1.18 bits per heavy atom. The van der Waals surface area contributed by atoms with Gasteiger partial charge in [0.1, 0.15) is 5.82 Å². The molecule has 0 saturated heterocycles. The van der Waals surface area contributed by atoms with Gasteiger partial charge in [0.2, 0.25) is 0 Å². The van der Waals surface area contributed by atoms with E-state index in [1.807, 2.05) is 0 Å². The Morgan fingerprint density at radius 3 is 2.18 bits per heavy atom. The molecule has 0 aliphatic carbocycles. The summed E-state index contributed by atoms with van der Waals surface area (Å²) in [7, 11) is 0. The van der Waals surface area contributed by atoms with Crippen molar-refractivity contribution in [2.24, 2.45) is 5.73 Å². The van der Waals surface area contributed by atoms with E-state index in [2.05, 4.69) is 0 Å². The number of nitrogens with two attached hydrogens (primary N) is 1. The van der Waals surface area contributed by atoms with E-state index < -0.39 is 0 Å². The molecule has 1 rings (SSSR count). The van der Waals surface area contributed by atoms with Crippen LogP contribution in [0.4, 0.5) is 4.39 Å². The maximum absolute atomic E-state index is 12.3. The van der Waals surface area contributed by atoms with Gasteiger partial charge < -0.3 is 5.73 Å². The Hall–Kier alpha value is 0.0321. The third-order valence-corrected chi connectivity index (χ3v) is 1.35. The van der Waals surface area contributed by atoms with Gasteiger partial charge in [-0.3, -0.25) is 0 Å². The van der Waals surface area contributed by atoms with Crippen LogP contribution in [0.2, 0.25) is 0 Å². The molecule has 60 valence electrons. The molecule has 1 aromatic carbocycles. The quantitative estimate of drug-likeness (QED) is 0.770. The second-order valence-electron chi connectivity index (χ2n) is 2.17. The van der Waals surface area contributed by atoms with Crippen LogP contribution >= 0.6 is 0 Å². The summed E-state index contributed by atoms with van der Waals surface area (Å²) < 4.78 is 12.3. The van der Waals surface area contributed by atoms with Gasteiger partial charge >= 0.3 is 27.3 Å². The van der Waals surface area contributed by atoms with Crippen molar-refractivity contribution in [3.05, 3.63) is 35.6 Å². The van der Waals surface area contributed by atoms with Gasteiger partial charge in [-0.25, -0.2) is 4.39 Å². The molecule has 0 heterocycles. The van der Waals surface area contributed by atoms with E-state index >= 15 is 0 Å². The molecule has 0 amide bonds. The SMILES string of the molecule is NCCc1ccc(F)cc1.[PbH2]. The van der Waals surface area contributed by atoms with Gasteiger partial charge in [0.05, 0.1) is 0 Å². The molecule has 0 aromatic heterocycles. The summed E-state index contributed by atoms with van der Waals surface area (Å²) in [6, 6.07) is 6.40. The Balaban J connectivity index is 0.000001000. The average Bonchev–Trinajstić information content (AvgIpc) is 1.95. The number of hydrogen-bond donors (Lipinski definition) is 1. The van der Waals surface area contributed by atoms with E-state index in [-0.39, 0.29) is 33.1 Å². The fraction of sp³-hybridized carbons (Fsp3) is 0.250. The van der Waals surface area contributed by atoms with Gasteiger partial charge in [-0.2, -0.15) is 0 Å². The number of hydrogen-bond acceptors (Lipinski definition) is 1. The summed E-state index contributed by atoms with van der Waals surface area (Å²) in [6.45, 7) is 0.617. The standard InChI is InChI=1S/C8H10FN.Pb.2H/c9-8-3-1-7(2-4-8)5-6-10;;;/h1-4H,5-6,10H2;;;. The Labute approximate surface area is 85.9 Å². The van der Waals surface area contributed by atoms with Crippen LogP contribution in [0.3, 0.4) is 0 Å². The average molecular weight is 348 g/mol. The second kappa shape index (κ2) is 5.65. The van der Waals surface area contributed by atoms with E-state index in [0.717, 1.165) is 12.0 Å². The first kappa shape index (κ1) is 11.0. The zero-order valence-corrected chi connectivity index (χ0v) is 11.9. The molecule has 0 bridgehead atoms. The normalized spacial score (nSPS) is 8.91. The van der Waals surface area contributed by atoms with Crippen LogP contribution < -0.4 is 5.73 Å². The van der Waals surface area contributed by atoms with Crippen LogP contribution in [0.15, 0.2) is 24.3 Å². The Bertz CT molecular complexity index is 198. The Kier molecular flexibility index (Phi) is 5.67. The summed E-state index contributed by atoms with van der Waals surface area (Å²) in [6.07, 6.45) is 0.820. The zero-order chi connectivity index (χ0) is 7.40. The van der Waals surface area contributed by atoms with Crippen molar-refractivity contribution in [1.29, 1.82) is 0 Å². The molecule has 3 heteroatoms. The summed E-state index contributed by atoms with van der Waals surface area (Å²) in [5.41, 5.74) is 6.39. The van der Waals surface area contributed by atoms with Gasteiger partial charge in [-0.1, -0.05) is 12.1 Å². The predicted octanol–water partition coefficient (Wildman–Crippen LogP) is 0.411. The van der Waals surface area contributed by atoms with E-state index in [9.17, 15) is 4.39 Å². The first-order valence-corrected chi connectivity index (χ1v) is 3.27. The number of halogens is 1. The third-order valence-electron chi connectivity index (χ3n) is 1.35. The van der Waals surface area contributed by atoms with Crippen LogP contribution in [0.1, 0.15) is 5.56 Å². The molecule has 1 aromatic rings. The minimum atomic E-state index is -0.194. The first-order chi connectivity index (χ1) is 4.83. The van der Waals surface area contributed by atoms with Crippen molar-refractivity contribution in [2.75, 3.05) is 6.54 Å². The van der Waals surface area contributed by atoms with E-state index in [1.165, 1.54) is 12.1 Å². The van der Waals surface area contributed by atoms with Gasteiger partial charge in [-0.15, -0.1) is 0 Å².